The van der Waals surface area contributed by atoms with Crippen molar-refractivity contribution in [3.8, 4) is 10.8 Å². The zero-order valence-corrected chi connectivity index (χ0v) is 15.4. The van der Waals surface area contributed by atoms with Gasteiger partial charge in [0.1, 0.15) is 4.21 Å². The summed E-state index contributed by atoms with van der Waals surface area (Å²) in [4.78, 5) is 12.0. The first-order valence-electron chi connectivity index (χ1n) is 8.00. The number of aromatic nitrogens is 2. The Kier molecular flexibility index (Phi) is 4.12. The molecular formula is C17H15N3O4S2. The van der Waals surface area contributed by atoms with Crippen molar-refractivity contribution in [2.75, 3.05) is 4.72 Å². The smallest absolute Gasteiger partial charge is 0.271 e. The first-order chi connectivity index (χ1) is 12.4. The lowest BCUT2D eigenvalue weighted by Gasteiger charge is -2.07. The molecule has 134 valence electrons. The number of ketones is 1. The van der Waals surface area contributed by atoms with Gasteiger partial charge in [0, 0.05) is 17.2 Å². The summed E-state index contributed by atoms with van der Waals surface area (Å²) < 4.78 is 33.4. The number of carbonyl (C=O) groups excluding carboxylic acids is 1. The first-order valence-corrected chi connectivity index (χ1v) is 10.3. The van der Waals surface area contributed by atoms with Crippen molar-refractivity contribution in [3.63, 3.8) is 0 Å². The van der Waals surface area contributed by atoms with Gasteiger partial charge < -0.3 is 4.42 Å². The standard InChI is InChI=1S/C17H15N3O4S2/c1-10(21)12-3-2-4-13(9-12)20-26(22,23)15-8-7-14(25-15)17-19-18-16(24-17)11-5-6-11/h2-4,7-9,11,20H,5-6H2,1H3. The van der Waals surface area contributed by atoms with E-state index in [1.807, 2.05) is 0 Å². The highest BCUT2D eigenvalue weighted by Crippen LogP contribution is 2.40. The molecule has 0 radical (unpaired) electrons. The zero-order chi connectivity index (χ0) is 18.3. The number of Topliss-reactive ketones (excluding diaryl/α,β-unsaturated/α-hetero) is 1. The molecule has 0 amide bonds. The number of benzene rings is 1. The second kappa shape index (κ2) is 6.33. The number of anilines is 1. The van der Waals surface area contributed by atoms with E-state index in [-0.39, 0.29) is 9.99 Å². The van der Waals surface area contributed by atoms with Gasteiger partial charge in [0.25, 0.3) is 15.9 Å². The molecule has 1 aliphatic rings. The second-order valence-corrected chi connectivity index (χ2v) is 9.07. The van der Waals surface area contributed by atoms with Crippen LogP contribution in [-0.4, -0.2) is 24.4 Å². The van der Waals surface area contributed by atoms with Crippen molar-refractivity contribution >= 4 is 32.8 Å². The highest BCUT2D eigenvalue weighted by atomic mass is 32.2. The third kappa shape index (κ3) is 3.40. The van der Waals surface area contributed by atoms with E-state index in [1.165, 1.54) is 19.1 Å². The quantitative estimate of drug-likeness (QED) is 0.645. The van der Waals surface area contributed by atoms with Gasteiger partial charge in [0.05, 0.1) is 4.88 Å². The highest BCUT2D eigenvalue weighted by molar-refractivity contribution is 7.94. The SMILES string of the molecule is CC(=O)c1cccc(NS(=O)(=O)c2ccc(-c3nnc(C4CC4)o3)s2)c1. The van der Waals surface area contributed by atoms with Crippen molar-refractivity contribution < 1.29 is 17.6 Å². The molecule has 1 aliphatic carbocycles. The van der Waals surface area contributed by atoms with Gasteiger partial charge in [-0.1, -0.05) is 12.1 Å². The monoisotopic (exact) mass is 389 g/mol. The minimum Gasteiger partial charge on any atom is -0.420 e. The van der Waals surface area contributed by atoms with Crippen LogP contribution in [0.2, 0.25) is 0 Å². The third-order valence-electron chi connectivity index (χ3n) is 3.95. The molecule has 26 heavy (non-hydrogen) atoms. The van der Waals surface area contributed by atoms with E-state index in [4.69, 9.17) is 4.42 Å². The van der Waals surface area contributed by atoms with Crippen LogP contribution in [0, 0.1) is 0 Å². The molecule has 0 bridgehead atoms. The number of rotatable bonds is 6. The minimum atomic E-state index is -3.77. The van der Waals surface area contributed by atoms with Crippen LogP contribution in [0.3, 0.4) is 0 Å². The van der Waals surface area contributed by atoms with Crippen LogP contribution < -0.4 is 4.72 Å². The molecular weight excluding hydrogens is 374 g/mol. The molecule has 7 nitrogen and oxygen atoms in total. The molecule has 0 saturated heterocycles. The molecule has 3 aromatic rings. The summed E-state index contributed by atoms with van der Waals surface area (Å²) in [6, 6.07) is 9.52. The number of nitrogens with one attached hydrogen (secondary N) is 1. The van der Waals surface area contributed by atoms with E-state index < -0.39 is 10.0 Å². The summed E-state index contributed by atoms with van der Waals surface area (Å²) in [6.45, 7) is 1.43. The van der Waals surface area contributed by atoms with Crippen molar-refractivity contribution in [3.05, 3.63) is 47.9 Å². The van der Waals surface area contributed by atoms with Gasteiger partial charge >= 0.3 is 0 Å². The minimum absolute atomic E-state index is 0.131. The number of hydrogen-bond acceptors (Lipinski definition) is 7. The summed E-state index contributed by atoms with van der Waals surface area (Å²) >= 11 is 1.05. The fraction of sp³-hybridized carbons (Fsp3) is 0.235. The summed E-state index contributed by atoms with van der Waals surface area (Å²) in [5.74, 6) is 1.15. The van der Waals surface area contributed by atoms with Crippen LogP contribution in [0.1, 0.15) is 41.9 Å². The first kappa shape index (κ1) is 16.9. The lowest BCUT2D eigenvalue weighted by molar-refractivity contribution is 0.101. The lowest BCUT2D eigenvalue weighted by atomic mass is 10.1. The molecule has 2 heterocycles. The molecule has 4 rings (SSSR count). The molecule has 0 unspecified atom stereocenters. The number of sulfonamides is 1. The van der Waals surface area contributed by atoms with Crippen molar-refractivity contribution in [2.45, 2.75) is 29.9 Å². The third-order valence-corrected chi connectivity index (χ3v) is 6.89. The van der Waals surface area contributed by atoms with Crippen LogP contribution in [-0.2, 0) is 10.0 Å². The summed E-state index contributed by atoms with van der Waals surface area (Å²) in [5.41, 5.74) is 0.775. The van der Waals surface area contributed by atoms with E-state index in [0.29, 0.717) is 33.8 Å². The van der Waals surface area contributed by atoms with Crippen LogP contribution >= 0.6 is 11.3 Å². The second-order valence-electron chi connectivity index (χ2n) is 6.08. The van der Waals surface area contributed by atoms with Gasteiger partial charge in [-0.3, -0.25) is 9.52 Å². The predicted molar refractivity (Wildman–Crippen MR) is 96.8 cm³/mol. The number of hydrogen-bond donors (Lipinski definition) is 1. The summed E-state index contributed by atoms with van der Waals surface area (Å²) in [6.07, 6.45) is 2.10. The molecule has 1 aromatic carbocycles. The van der Waals surface area contributed by atoms with Gasteiger partial charge in [-0.05, 0) is 44.0 Å². The molecule has 1 N–H and O–H groups in total. The van der Waals surface area contributed by atoms with Gasteiger partial charge in [-0.25, -0.2) is 8.42 Å². The largest absolute Gasteiger partial charge is 0.420 e. The Morgan fingerprint density at radius 3 is 2.77 bits per heavy atom. The van der Waals surface area contributed by atoms with E-state index >= 15 is 0 Å². The van der Waals surface area contributed by atoms with Crippen molar-refractivity contribution in [1.82, 2.24) is 10.2 Å². The number of thiophene rings is 1. The Morgan fingerprint density at radius 2 is 2.04 bits per heavy atom. The van der Waals surface area contributed by atoms with E-state index in [2.05, 4.69) is 14.9 Å². The molecule has 2 aromatic heterocycles. The van der Waals surface area contributed by atoms with Crippen molar-refractivity contribution in [1.29, 1.82) is 0 Å². The van der Waals surface area contributed by atoms with Gasteiger partial charge in [-0.2, -0.15) is 0 Å². The van der Waals surface area contributed by atoms with Gasteiger partial charge in [0.2, 0.25) is 5.89 Å². The Morgan fingerprint density at radius 1 is 1.23 bits per heavy atom. The average Bonchev–Trinajstić information content (AvgIpc) is 3.12. The normalized spacial score (nSPS) is 14.3. The van der Waals surface area contributed by atoms with E-state index in [1.54, 1.807) is 24.3 Å². The number of carbonyl (C=O) groups is 1. The van der Waals surface area contributed by atoms with E-state index in [9.17, 15) is 13.2 Å². The summed E-state index contributed by atoms with van der Waals surface area (Å²) in [7, 11) is -3.77. The van der Waals surface area contributed by atoms with E-state index in [0.717, 1.165) is 24.2 Å². The Balaban J connectivity index is 1.57. The molecule has 0 aliphatic heterocycles. The maximum Gasteiger partial charge on any atom is 0.271 e. The number of nitrogens with zero attached hydrogens (tertiary/aromatic N) is 2. The average molecular weight is 389 g/mol. The fourth-order valence-electron chi connectivity index (χ4n) is 2.42. The predicted octanol–water partition coefficient (Wildman–Crippen LogP) is 3.68. The Bertz CT molecular complexity index is 1080. The van der Waals surface area contributed by atoms with Crippen LogP contribution in [0.25, 0.3) is 10.8 Å². The van der Waals surface area contributed by atoms with Crippen LogP contribution in [0.5, 0.6) is 0 Å². The fourth-order valence-corrected chi connectivity index (χ4v) is 4.69. The molecule has 1 fully saturated rings. The highest BCUT2D eigenvalue weighted by Gasteiger charge is 2.30. The molecule has 0 spiro atoms. The van der Waals surface area contributed by atoms with Gasteiger partial charge in [0.15, 0.2) is 5.78 Å². The van der Waals surface area contributed by atoms with Crippen LogP contribution in [0.15, 0.2) is 45.0 Å². The molecule has 1 saturated carbocycles. The topological polar surface area (TPSA) is 102 Å². The Hall–Kier alpha value is -2.52. The lowest BCUT2D eigenvalue weighted by Crippen LogP contribution is -2.11. The maximum absolute atomic E-state index is 12.6. The molecule has 9 heteroatoms. The maximum atomic E-state index is 12.6. The van der Waals surface area contributed by atoms with Gasteiger partial charge in [-0.15, -0.1) is 21.5 Å². The summed E-state index contributed by atoms with van der Waals surface area (Å²) in [5, 5.41) is 8.01. The van der Waals surface area contributed by atoms with Crippen molar-refractivity contribution in [2.24, 2.45) is 0 Å². The Labute approximate surface area is 154 Å². The zero-order valence-electron chi connectivity index (χ0n) is 13.8. The van der Waals surface area contributed by atoms with Crippen LogP contribution in [0.4, 0.5) is 5.69 Å². The molecule has 0 atom stereocenters.